The Balaban J connectivity index is 1.33. The Morgan fingerprint density at radius 1 is 1.00 bits per heavy atom. The van der Waals surface area contributed by atoms with Crippen molar-refractivity contribution in [2.75, 3.05) is 13.2 Å². The zero-order valence-corrected chi connectivity index (χ0v) is 16.0. The standard InChI is InChI=1S/C23H20F2N2O3/c24-17-6-4-15(5-7-17)12-26-13-19(28)14-29-20-3-1-2-16(10-20)23-21-9-8-18(25)11-22(21)27-30-23/h1-11,19,26,28H,12-14H2/t19-/m1/s1. The summed E-state index contributed by atoms with van der Waals surface area (Å²) in [5, 5.41) is 17.9. The topological polar surface area (TPSA) is 67.5 Å². The summed E-state index contributed by atoms with van der Waals surface area (Å²) in [5.74, 6) is 0.440. The predicted molar refractivity (Wildman–Crippen MR) is 109 cm³/mol. The van der Waals surface area contributed by atoms with Gasteiger partial charge in [0.15, 0.2) is 5.76 Å². The number of nitrogens with one attached hydrogen (secondary N) is 1. The number of nitrogens with zero attached hydrogens (tertiary/aromatic N) is 1. The minimum atomic E-state index is -0.719. The average Bonchev–Trinajstić information content (AvgIpc) is 3.17. The number of aromatic nitrogens is 1. The van der Waals surface area contributed by atoms with Gasteiger partial charge in [0, 0.05) is 30.1 Å². The summed E-state index contributed by atoms with van der Waals surface area (Å²) in [6, 6.07) is 17.7. The normalized spacial score (nSPS) is 12.2. The van der Waals surface area contributed by atoms with Gasteiger partial charge >= 0.3 is 0 Å². The van der Waals surface area contributed by atoms with Crippen molar-refractivity contribution in [3.05, 3.63) is 83.9 Å². The van der Waals surface area contributed by atoms with E-state index in [0.717, 1.165) is 11.1 Å². The van der Waals surface area contributed by atoms with E-state index in [1.807, 2.05) is 12.1 Å². The maximum absolute atomic E-state index is 13.3. The molecule has 5 nitrogen and oxygen atoms in total. The molecule has 0 saturated carbocycles. The molecule has 30 heavy (non-hydrogen) atoms. The van der Waals surface area contributed by atoms with Gasteiger partial charge in [0.05, 0.1) is 0 Å². The Hall–Kier alpha value is -3.29. The summed E-state index contributed by atoms with van der Waals surface area (Å²) < 4.78 is 37.3. The fraction of sp³-hybridized carbons (Fsp3) is 0.174. The average molecular weight is 410 g/mol. The van der Waals surface area contributed by atoms with Crippen molar-refractivity contribution < 1.29 is 23.1 Å². The summed E-state index contributed by atoms with van der Waals surface area (Å²) in [4.78, 5) is 0. The van der Waals surface area contributed by atoms with Gasteiger partial charge in [0.1, 0.15) is 35.6 Å². The van der Waals surface area contributed by atoms with E-state index < -0.39 is 6.10 Å². The largest absolute Gasteiger partial charge is 0.491 e. The van der Waals surface area contributed by atoms with Crippen LogP contribution < -0.4 is 10.1 Å². The highest BCUT2D eigenvalue weighted by Crippen LogP contribution is 2.31. The highest BCUT2D eigenvalue weighted by atomic mass is 19.1. The van der Waals surface area contributed by atoms with Crippen LogP contribution in [0.3, 0.4) is 0 Å². The molecule has 0 aliphatic heterocycles. The maximum Gasteiger partial charge on any atom is 0.174 e. The van der Waals surface area contributed by atoms with Crippen molar-refractivity contribution in [1.82, 2.24) is 10.5 Å². The lowest BCUT2D eigenvalue weighted by atomic mass is 10.1. The highest BCUT2D eigenvalue weighted by molar-refractivity contribution is 5.91. The molecule has 4 aromatic rings. The fourth-order valence-corrected chi connectivity index (χ4v) is 3.09. The zero-order chi connectivity index (χ0) is 20.9. The number of benzene rings is 3. The Bertz CT molecular complexity index is 1130. The molecule has 0 bridgehead atoms. The number of hydrogen-bond acceptors (Lipinski definition) is 5. The summed E-state index contributed by atoms with van der Waals surface area (Å²) in [7, 11) is 0. The third kappa shape index (κ3) is 4.82. The van der Waals surface area contributed by atoms with Gasteiger partial charge in [-0.25, -0.2) is 8.78 Å². The molecule has 0 aliphatic carbocycles. The van der Waals surface area contributed by atoms with Crippen LogP contribution in [0, 0.1) is 11.6 Å². The summed E-state index contributed by atoms with van der Waals surface area (Å²) in [6.45, 7) is 0.948. The number of aliphatic hydroxyl groups excluding tert-OH is 1. The van der Waals surface area contributed by atoms with Crippen LogP contribution in [-0.2, 0) is 6.54 Å². The molecule has 0 fully saturated rings. The second-order valence-corrected chi connectivity index (χ2v) is 6.92. The first kappa shape index (κ1) is 20.0. The lowest BCUT2D eigenvalue weighted by Crippen LogP contribution is -2.31. The number of rotatable bonds is 8. The van der Waals surface area contributed by atoms with Crippen molar-refractivity contribution in [1.29, 1.82) is 0 Å². The summed E-state index contributed by atoms with van der Waals surface area (Å²) in [5.41, 5.74) is 2.11. The van der Waals surface area contributed by atoms with Crippen LogP contribution in [0.4, 0.5) is 8.78 Å². The molecular formula is C23H20F2N2O3. The number of halogens is 2. The predicted octanol–water partition coefficient (Wildman–Crippen LogP) is 4.30. The van der Waals surface area contributed by atoms with Crippen molar-refractivity contribution in [2.24, 2.45) is 0 Å². The van der Waals surface area contributed by atoms with E-state index in [2.05, 4.69) is 10.5 Å². The molecule has 0 radical (unpaired) electrons. The fourth-order valence-electron chi connectivity index (χ4n) is 3.09. The van der Waals surface area contributed by atoms with Crippen LogP contribution in [0.15, 0.2) is 71.3 Å². The van der Waals surface area contributed by atoms with E-state index in [4.69, 9.17) is 9.26 Å². The Kier molecular flexibility index (Phi) is 6.02. The maximum atomic E-state index is 13.3. The number of aliphatic hydroxyl groups is 1. The molecule has 1 atom stereocenters. The molecule has 0 spiro atoms. The van der Waals surface area contributed by atoms with E-state index >= 15 is 0 Å². The lowest BCUT2D eigenvalue weighted by Gasteiger charge is -2.14. The van der Waals surface area contributed by atoms with Crippen LogP contribution in [-0.4, -0.2) is 29.5 Å². The van der Waals surface area contributed by atoms with Crippen LogP contribution in [0.25, 0.3) is 22.2 Å². The first-order valence-electron chi connectivity index (χ1n) is 9.50. The van der Waals surface area contributed by atoms with Gasteiger partial charge in [-0.3, -0.25) is 0 Å². The molecule has 0 saturated heterocycles. The molecule has 0 unspecified atom stereocenters. The number of hydrogen-bond donors (Lipinski definition) is 2. The molecule has 7 heteroatoms. The van der Waals surface area contributed by atoms with Gasteiger partial charge in [-0.1, -0.05) is 29.4 Å². The molecule has 3 aromatic carbocycles. The summed E-state index contributed by atoms with van der Waals surface area (Å²) in [6.07, 6.45) is -0.719. The molecule has 1 aromatic heterocycles. The Labute approximate surface area is 171 Å². The molecule has 0 aliphatic rings. The van der Waals surface area contributed by atoms with Gasteiger partial charge in [-0.15, -0.1) is 0 Å². The zero-order valence-electron chi connectivity index (χ0n) is 16.0. The Morgan fingerprint density at radius 2 is 1.80 bits per heavy atom. The van der Waals surface area contributed by atoms with E-state index in [9.17, 15) is 13.9 Å². The third-order valence-corrected chi connectivity index (χ3v) is 4.60. The monoisotopic (exact) mass is 410 g/mol. The van der Waals surface area contributed by atoms with Crippen molar-refractivity contribution >= 4 is 10.9 Å². The first-order chi connectivity index (χ1) is 14.6. The van der Waals surface area contributed by atoms with Crippen LogP contribution in [0.1, 0.15) is 5.56 Å². The minimum Gasteiger partial charge on any atom is -0.491 e. The lowest BCUT2D eigenvalue weighted by molar-refractivity contribution is 0.106. The molecule has 154 valence electrons. The van der Waals surface area contributed by atoms with Crippen molar-refractivity contribution in [2.45, 2.75) is 12.6 Å². The van der Waals surface area contributed by atoms with E-state index in [1.165, 1.54) is 24.3 Å². The third-order valence-electron chi connectivity index (χ3n) is 4.60. The van der Waals surface area contributed by atoms with E-state index in [0.29, 0.717) is 35.5 Å². The number of fused-ring (bicyclic) bond motifs is 1. The molecule has 0 amide bonds. The van der Waals surface area contributed by atoms with Crippen LogP contribution >= 0.6 is 0 Å². The van der Waals surface area contributed by atoms with Crippen molar-refractivity contribution in [3.8, 4) is 17.1 Å². The number of ether oxygens (including phenoxy) is 1. The molecule has 4 rings (SSSR count). The van der Waals surface area contributed by atoms with Crippen LogP contribution in [0.5, 0.6) is 5.75 Å². The first-order valence-corrected chi connectivity index (χ1v) is 9.50. The quantitative estimate of drug-likeness (QED) is 0.453. The SMILES string of the molecule is O[C@H](CNCc1ccc(F)cc1)COc1cccc(-c2onc3cc(F)ccc23)c1. The second-order valence-electron chi connectivity index (χ2n) is 6.92. The summed E-state index contributed by atoms with van der Waals surface area (Å²) >= 11 is 0. The van der Waals surface area contributed by atoms with Crippen LogP contribution in [0.2, 0.25) is 0 Å². The van der Waals surface area contributed by atoms with Gasteiger partial charge in [0.25, 0.3) is 0 Å². The smallest absolute Gasteiger partial charge is 0.174 e. The van der Waals surface area contributed by atoms with Gasteiger partial charge in [-0.2, -0.15) is 0 Å². The van der Waals surface area contributed by atoms with Gasteiger partial charge in [-0.05, 0) is 42.0 Å². The minimum absolute atomic E-state index is 0.0994. The van der Waals surface area contributed by atoms with Gasteiger partial charge < -0.3 is 19.7 Å². The molecular weight excluding hydrogens is 390 g/mol. The Morgan fingerprint density at radius 3 is 2.63 bits per heavy atom. The van der Waals surface area contributed by atoms with Crippen molar-refractivity contribution in [3.63, 3.8) is 0 Å². The molecule has 1 heterocycles. The molecule has 2 N–H and O–H groups in total. The second kappa shape index (κ2) is 9.02. The highest BCUT2D eigenvalue weighted by Gasteiger charge is 2.13. The van der Waals surface area contributed by atoms with E-state index in [-0.39, 0.29) is 18.2 Å². The van der Waals surface area contributed by atoms with E-state index in [1.54, 1.807) is 30.3 Å². The van der Waals surface area contributed by atoms with Gasteiger partial charge in [0.2, 0.25) is 0 Å².